The summed E-state index contributed by atoms with van der Waals surface area (Å²) in [5.74, 6) is 0.00786. The molecule has 0 bridgehead atoms. The Kier molecular flexibility index (Phi) is 8.48. The van der Waals surface area contributed by atoms with Crippen molar-refractivity contribution in [3.63, 3.8) is 0 Å². The maximum absolute atomic E-state index is 11.7. The summed E-state index contributed by atoms with van der Waals surface area (Å²) in [6.07, 6.45) is 3.28. The van der Waals surface area contributed by atoms with Crippen LogP contribution in [0.5, 0.6) is 5.75 Å². The Balaban J connectivity index is 2.36. The second kappa shape index (κ2) is 9.84. The monoisotopic (exact) mass is 434 g/mol. The number of unbranched alkanes of at least 4 members (excludes halogenated alkanes) is 2. The topological polar surface area (TPSA) is 67.4 Å². The second-order valence-electron chi connectivity index (χ2n) is 4.88. The normalized spacial score (nSPS) is 10.2. The Labute approximate surface area is 147 Å². The Hall–Kier alpha value is -1.08. The van der Waals surface area contributed by atoms with Crippen molar-refractivity contribution in [2.75, 3.05) is 6.61 Å². The number of carbonyl (C=O) groups excluding carboxylic acids is 2. The predicted molar refractivity (Wildman–Crippen MR) is 92.5 cm³/mol. The zero-order valence-electron chi connectivity index (χ0n) is 12.7. The van der Waals surface area contributed by atoms with E-state index in [1.54, 1.807) is 0 Å². The number of nitrogens with one attached hydrogen (secondary N) is 2. The van der Waals surface area contributed by atoms with E-state index in [0.29, 0.717) is 12.2 Å². The molecule has 0 saturated carbocycles. The summed E-state index contributed by atoms with van der Waals surface area (Å²) in [6, 6.07) is 3.74. The maximum atomic E-state index is 11.7. The Bertz CT molecular complexity index is 513. The molecule has 0 aromatic heterocycles. The number of amides is 2. The van der Waals surface area contributed by atoms with E-state index in [2.05, 4.69) is 49.6 Å². The van der Waals surface area contributed by atoms with Crippen LogP contribution in [0, 0.1) is 6.92 Å². The van der Waals surface area contributed by atoms with Crippen molar-refractivity contribution in [3.8, 4) is 5.75 Å². The van der Waals surface area contributed by atoms with E-state index in [4.69, 9.17) is 4.74 Å². The van der Waals surface area contributed by atoms with Crippen LogP contribution >= 0.6 is 31.9 Å². The number of halogens is 2. The van der Waals surface area contributed by atoms with Crippen LogP contribution in [0.25, 0.3) is 0 Å². The van der Waals surface area contributed by atoms with Gasteiger partial charge in [0.15, 0.2) is 6.61 Å². The van der Waals surface area contributed by atoms with E-state index >= 15 is 0 Å². The van der Waals surface area contributed by atoms with Gasteiger partial charge < -0.3 is 4.74 Å². The van der Waals surface area contributed by atoms with Crippen molar-refractivity contribution in [2.24, 2.45) is 0 Å². The number of benzene rings is 1. The van der Waals surface area contributed by atoms with Crippen molar-refractivity contribution in [3.05, 3.63) is 26.6 Å². The molecule has 0 fully saturated rings. The minimum absolute atomic E-state index is 0.170. The molecule has 2 N–H and O–H groups in total. The lowest BCUT2D eigenvalue weighted by Crippen LogP contribution is -2.43. The van der Waals surface area contributed by atoms with Gasteiger partial charge in [0.1, 0.15) is 5.75 Å². The van der Waals surface area contributed by atoms with Crippen LogP contribution in [0.2, 0.25) is 0 Å². The van der Waals surface area contributed by atoms with Crippen LogP contribution in [0.4, 0.5) is 0 Å². The van der Waals surface area contributed by atoms with E-state index in [-0.39, 0.29) is 12.5 Å². The van der Waals surface area contributed by atoms with E-state index in [9.17, 15) is 9.59 Å². The number of hydrogen-bond donors (Lipinski definition) is 2. The van der Waals surface area contributed by atoms with E-state index in [1.807, 2.05) is 19.1 Å². The Morgan fingerprint density at radius 1 is 1.14 bits per heavy atom. The van der Waals surface area contributed by atoms with Crippen LogP contribution in [0.3, 0.4) is 0 Å². The highest BCUT2D eigenvalue weighted by Crippen LogP contribution is 2.32. The minimum Gasteiger partial charge on any atom is -0.482 e. The Morgan fingerprint density at radius 3 is 2.45 bits per heavy atom. The number of hydrogen-bond acceptors (Lipinski definition) is 3. The highest BCUT2D eigenvalue weighted by Gasteiger charge is 2.10. The molecule has 0 aliphatic carbocycles. The molecule has 0 aliphatic rings. The standard InChI is InChI=1S/C15H20Br2N2O3/c1-3-4-5-6-13(20)18-19-14(21)9-22-15-10(2)7-11(16)8-12(15)17/h7-8H,3-6,9H2,1-2H3,(H,18,20)(H,19,21). The second-order valence-corrected chi connectivity index (χ2v) is 6.65. The van der Waals surface area contributed by atoms with Crippen molar-refractivity contribution < 1.29 is 14.3 Å². The summed E-state index contributed by atoms with van der Waals surface area (Å²) in [6.45, 7) is 3.79. The molecule has 0 atom stereocenters. The highest BCUT2D eigenvalue weighted by molar-refractivity contribution is 9.11. The zero-order chi connectivity index (χ0) is 16.5. The molecule has 7 heteroatoms. The van der Waals surface area contributed by atoms with Gasteiger partial charge in [-0.1, -0.05) is 35.7 Å². The lowest BCUT2D eigenvalue weighted by molar-refractivity contribution is -0.130. The summed E-state index contributed by atoms with van der Waals surface area (Å²) < 4.78 is 7.17. The van der Waals surface area contributed by atoms with Gasteiger partial charge in [0.05, 0.1) is 4.47 Å². The van der Waals surface area contributed by atoms with Crippen molar-refractivity contribution in [1.82, 2.24) is 10.9 Å². The third kappa shape index (κ3) is 6.79. The Morgan fingerprint density at radius 2 is 1.82 bits per heavy atom. The van der Waals surface area contributed by atoms with Crippen LogP contribution in [0.1, 0.15) is 38.2 Å². The van der Waals surface area contributed by atoms with Gasteiger partial charge in [-0.05, 0) is 47.0 Å². The van der Waals surface area contributed by atoms with Gasteiger partial charge in [-0.25, -0.2) is 0 Å². The number of carbonyl (C=O) groups is 2. The number of aryl methyl sites for hydroxylation is 1. The van der Waals surface area contributed by atoms with Crippen LogP contribution in [-0.4, -0.2) is 18.4 Å². The molecule has 2 amide bonds. The maximum Gasteiger partial charge on any atom is 0.276 e. The fourth-order valence-electron chi connectivity index (χ4n) is 1.78. The molecule has 1 rings (SSSR count). The molecular formula is C15H20Br2N2O3. The molecule has 0 aliphatic heterocycles. The van der Waals surface area contributed by atoms with E-state index in [0.717, 1.165) is 33.8 Å². The van der Waals surface area contributed by atoms with E-state index < -0.39 is 5.91 Å². The first-order chi connectivity index (χ1) is 10.4. The van der Waals surface area contributed by atoms with Crippen molar-refractivity contribution in [1.29, 1.82) is 0 Å². The average molecular weight is 436 g/mol. The van der Waals surface area contributed by atoms with Gasteiger partial charge in [0, 0.05) is 10.9 Å². The molecule has 0 spiro atoms. The van der Waals surface area contributed by atoms with Gasteiger partial charge in [-0.15, -0.1) is 0 Å². The first kappa shape index (κ1) is 19.0. The summed E-state index contributed by atoms with van der Waals surface area (Å²) in [5.41, 5.74) is 5.62. The number of rotatable bonds is 7. The molecule has 122 valence electrons. The quantitative estimate of drug-likeness (QED) is 0.507. The fraction of sp³-hybridized carbons (Fsp3) is 0.467. The molecule has 1 aromatic rings. The fourth-order valence-corrected chi connectivity index (χ4v) is 3.34. The highest BCUT2D eigenvalue weighted by atomic mass is 79.9. The molecule has 0 heterocycles. The number of hydrazine groups is 1. The van der Waals surface area contributed by atoms with Gasteiger partial charge in [-0.3, -0.25) is 20.4 Å². The molecule has 1 aromatic carbocycles. The molecule has 0 unspecified atom stereocenters. The smallest absolute Gasteiger partial charge is 0.276 e. The molecular weight excluding hydrogens is 416 g/mol. The van der Waals surface area contributed by atoms with Crippen molar-refractivity contribution >= 4 is 43.7 Å². The van der Waals surface area contributed by atoms with Gasteiger partial charge in [0.25, 0.3) is 5.91 Å². The first-order valence-corrected chi connectivity index (χ1v) is 8.68. The largest absolute Gasteiger partial charge is 0.482 e. The lowest BCUT2D eigenvalue weighted by Gasteiger charge is -2.12. The average Bonchev–Trinajstić information content (AvgIpc) is 2.44. The van der Waals surface area contributed by atoms with E-state index in [1.165, 1.54) is 0 Å². The molecule has 0 radical (unpaired) electrons. The molecule has 5 nitrogen and oxygen atoms in total. The van der Waals surface area contributed by atoms with Crippen molar-refractivity contribution in [2.45, 2.75) is 39.5 Å². The lowest BCUT2D eigenvalue weighted by atomic mass is 10.2. The van der Waals surface area contributed by atoms with Gasteiger partial charge >= 0.3 is 0 Å². The molecule has 22 heavy (non-hydrogen) atoms. The van der Waals surface area contributed by atoms with Crippen LogP contribution in [-0.2, 0) is 9.59 Å². The summed E-state index contributed by atoms with van der Waals surface area (Å²) >= 11 is 6.77. The molecule has 0 saturated heterocycles. The predicted octanol–water partition coefficient (Wildman–Crippen LogP) is 3.63. The minimum atomic E-state index is -0.405. The van der Waals surface area contributed by atoms with Gasteiger partial charge in [0.2, 0.25) is 5.91 Å². The summed E-state index contributed by atoms with van der Waals surface area (Å²) in [4.78, 5) is 23.1. The van der Waals surface area contributed by atoms with Crippen LogP contribution in [0.15, 0.2) is 21.1 Å². The summed E-state index contributed by atoms with van der Waals surface area (Å²) in [7, 11) is 0. The van der Waals surface area contributed by atoms with Crippen LogP contribution < -0.4 is 15.6 Å². The summed E-state index contributed by atoms with van der Waals surface area (Å²) in [5, 5.41) is 0. The first-order valence-electron chi connectivity index (χ1n) is 7.10. The number of ether oxygens (including phenoxy) is 1. The van der Waals surface area contributed by atoms with Gasteiger partial charge in [-0.2, -0.15) is 0 Å². The SMILES string of the molecule is CCCCCC(=O)NNC(=O)COc1c(C)cc(Br)cc1Br. The zero-order valence-corrected chi connectivity index (χ0v) is 15.8. The third-order valence-corrected chi connectivity index (χ3v) is 3.94. The third-order valence-electron chi connectivity index (χ3n) is 2.89.